The monoisotopic (exact) mass is 412 g/mol. The fourth-order valence-electron chi connectivity index (χ4n) is 2.74. The number of carbonyl (C=O) groups excluding carboxylic acids is 2. The van der Waals surface area contributed by atoms with E-state index in [9.17, 15) is 9.59 Å². The van der Waals surface area contributed by atoms with Crippen LogP contribution in [0.2, 0.25) is 0 Å². The van der Waals surface area contributed by atoms with Crippen molar-refractivity contribution in [2.75, 3.05) is 19.0 Å². The molecule has 0 spiro atoms. The van der Waals surface area contributed by atoms with Crippen molar-refractivity contribution in [1.82, 2.24) is 4.90 Å². The lowest BCUT2D eigenvalue weighted by molar-refractivity contribution is -0.122. The molecule has 2 amide bonds. The number of ether oxygens (including phenoxy) is 1. The van der Waals surface area contributed by atoms with Crippen LogP contribution in [-0.4, -0.2) is 34.7 Å². The minimum absolute atomic E-state index is 0.156. The Hall–Kier alpha value is -2.64. The summed E-state index contributed by atoms with van der Waals surface area (Å²) in [5, 5.41) is 2.84. The molecule has 0 unspecified atom stereocenters. The first kappa shape index (κ1) is 20.1. The summed E-state index contributed by atoms with van der Waals surface area (Å²) in [6.07, 6.45) is 1.96. The van der Waals surface area contributed by atoms with E-state index in [4.69, 9.17) is 17.0 Å². The summed E-state index contributed by atoms with van der Waals surface area (Å²) < 4.78 is 5.67. The Balaban J connectivity index is 1.62. The molecule has 28 heavy (non-hydrogen) atoms. The highest BCUT2D eigenvalue weighted by molar-refractivity contribution is 8.26. The van der Waals surface area contributed by atoms with E-state index >= 15 is 0 Å². The molecule has 0 aromatic heterocycles. The maximum atomic E-state index is 12.7. The number of carbonyl (C=O) groups is 2. The highest BCUT2D eigenvalue weighted by Gasteiger charge is 2.32. The highest BCUT2D eigenvalue weighted by Crippen LogP contribution is 2.33. The van der Waals surface area contributed by atoms with E-state index in [1.54, 1.807) is 13.2 Å². The molecule has 7 heteroatoms. The molecular formula is C21H20N2O3S2. The van der Waals surface area contributed by atoms with Crippen LogP contribution < -0.4 is 10.1 Å². The van der Waals surface area contributed by atoms with Gasteiger partial charge in [0.2, 0.25) is 5.91 Å². The maximum absolute atomic E-state index is 12.7. The van der Waals surface area contributed by atoms with Crippen molar-refractivity contribution in [3.63, 3.8) is 0 Å². The standard InChI is InChI=1S/C21H20N2O3S2/c1-14-5-3-7-16(11-14)22-19(24)9-10-23-20(25)18(28-21(23)27)13-15-6-4-8-17(12-15)26-2/h3-8,11-13H,9-10H2,1-2H3,(H,22,24)/b18-13-. The number of methoxy groups -OCH3 is 1. The molecule has 1 aliphatic rings. The zero-order chi connectivity index (χ0) is 20.1. The quantitative estimate of drug-likeness (QED) is 0.568. The molecule has 0 saturated carbocycles. The molecule has 1 fully saturated rings. The van der Waals surface area contributed by atoms with Crippen LogP contribution in [0.4, 0.5) is 5.69 Å². The van der Waals surface area contributed by atoms with Crippen LogP contribution >= 0.6 is 24.0 Å². The molecule has 2 aromatic carbocycles. The summed E-state index contributed by atoms with van der Waals surface area (Å²) in [4.78, 5) is 26.9. The lowest BCUT2D eigenvalue weighted by Gasteiger charge is -2.14. The van der Waals surface area contributed by atoms with Crippen LogP contribution in [0.3, 0.4) is 0 Å². The summed E-state index contributed by atoms with van der Waals surface area (Å²) in [6, 6.07) is 15.0. The van der Waals surface area contributed by atoms with Gasteiger partial charge < -0.3 is 10.1 Å². The second-order valence-corrected chi connectivity index (χ2v) is 7.95. The zero-order valence-corrected chi connectivity index (χ0v) is 17.2. The average Bonchev–Trinajstić information content (AvgIpc) is 2.93. The van der Waals surface area contributed by atoms with Crippen LogP contribution in [0.15, 0.2) is 53.4 Å². The van der Waals surface area contributed by atoms with Crippen molar-refractivity contribution in [2.24, 2.45) is 0 Å². The Labute approximate surface area is 173 Å². The van der Waals surface area contributed by atoms with E-state index in [1.165, 1.54) is 16.7 Å². The Morgan fingerprint density at radius 3 is 2.79 bits per heavy atom. The summed E-state index contributed by atoms with van der Waals surface area (Å²) in [6.45, 7) is 2.21. The van der Waals surface area contributed by atoms with Gasteiger partial charge in [0.05, 0.1) is 12.0 Å². The number of aryl methyl sites for hydroxylation is 1. The Kier molecular flexibility index (Phi) is 6.49. The predicted molar refractivity (Wildman–Crippen MR) is 117 cm³/mol. The first-order valence-electron chi connectivity index (χ1n) is 8.72. The van der Waals surface area contributed by atoms with E-state index < -0.39 is 0 Å². The molecule has 0 aliphatic carbocycles. The molecule has 3 rings (SSSR count). The van der Waals surface area contributed by atoms with Crippen LogP contribution in [0.25, 0.3) is 6.08 Å². The maximum Gasteiger partial charge on any atom is 0.266 e. The van der Waals surface area contributed by atoms with Crippen molar-refractivity contribution in [2.45, 2.75) is 13.3 Å². The first-order valence-corrected chi connectivity index (χ1v) is 9.94. The van der Waals surface area contributed by atoms with Gasteiger partial charge in [0, 0.05) is 18.7 Å². The number of hydrogen-bond donors (Lipinski definition) is 1. The van der Waals surface area contributed by atoms with Gasteiger partial charge in [0.15, 0.2) is 0 Å². The van der Waals surface area contributed by atoms with E-state index in [2.05, 4.69) is 5.32 Å². The summed E-state index contributed by atoms with van der Waals surface area (Å²) in [5.41, 5.74) is 2.67. The van der Waals surface area contributed by atoms with Crippen molar-refractivity contribution in [3.05, 3.63) is 64.6 Å². The predicted octanol–water partition coefficient (Wildman–Crippen LogP) is 4.23. The average molecular weight is 413 g/mol. The number of nitrogens with one attached hydrogen (secondary N) is 1. The second-order valence-electron chi connectivity index (χ2n) is 6.28. The van der Waals surface area contributed by atoms with Gasteiger partial charge in [-0.05, 0) is 48.4 Å². The van der Waals surface area contributed by atoms with Gasteiger partial charge in [0.25, 0.3) is 5.91 Å². The number of thioether (sulfide) groups is 1. The number of amides is 2. The molecule has 1 N–H and O–H groups in total. The van der Waals surface area contributed by atoms with Crippen molar-refractivity contribution >= 4 is 51.9 Å². The number of nitrogens with zero attached hydrogens (tertiary/aromatic N) is 1. The van der Waals surface area contributed by atoms with Crippen molar-refractivity contribution in [1.29, 1.82) is 0 Å². The highest BCUT2D eigenvalue weighted by atomic mass is 32.2. The smallest absolute Gasteiger partial charge is 0.266 e. The van der Waals surface area contributed by atoms with E-state index in [0.29, 0.717) is 9.23 Å². The SMILES string of the molecule is COc1cccc(/C=C2\SC(=S)N(CCC(=O)Nc3cccc(C)c3)C2=O)c1. The van der Waals surface area contributed by atoms with Gasteiger partial charge in [-0.2, -0.15) is 0 Å². The van der Waals surface area contributed by atoms with Crippen LogP contribution in [0.5, 0.6) is 5.75 Å². The van der Waals surface area contributed by atoms with Gasteiger partial charge in [-0.1, -0.05) is 48.2 Å². The molecule has 1 aliphatic heterocycles. The lowest BCUT2D eigenvalue weighted by atomic mass is 10.2. The number of anilines is 1. The molecule has 0 atom stereocenters. The second kappa shape index (κ2) is 9.03. The molecular weight excluding hydrogens is 392 g/mol. The van der Waals surface area contributed by atoms with Gasteiger partial charge in [0.1, 0.15) is 10.1 Å². The summed E-state index contributed by atoms with van der Waals surface area (Å²) >= 11 is 6.57. The topological polar surface area (TPSA) is 58.6 Å². The van der Waals surface area contributed by atoms with Gasteiger partial charge in [-0.25, -0.2) is 0 Å². The third-order valence-electron chi connectivity index (χ3n) is 4.13. The molecule has 5 nitrogen and oxygen atoms in total. The van der Waals surface area contributed by atoms with Gasteiger partial charge >= 0.3 is 0 Å². The Morgan fingerprint density at radius 1 is 1.25 bits per heavy atom. The summed E-state index contributed by atoms with van der Waals surface area (Å²) in [7, 11) is 1.60. The number of rotatable bonds is 6. The number of hydrogen-bond acceptors (Lipinski definition) is 5. The minimum Gasteiger partial charge on any atom is -0.497 e. The van der Waals surface area contributed by atoms with E-state index in [0.717, 1.165) is 22.6 Å². The lowest BCUT2D eigenvalue weighted by Crippen LogP contribution is -2.31. The molecule has 1 heterocycles. The van der Waals surface area contributed by atoms with Crippen LogP contribution in [0.1, 0.15) is 17.5 Å². The van der Waals surface area contributed by atoms with E-state index in [1.807, 2.05) is 55.5 Å². The Bertz CT molecular complexity index is 956. The molecule has 2 aromatic rings. The van der Waals surface area contributed by atoms with Crippen LogP contribution in [-0.2, 0) is 9.59 Å². The minimum atomic E-state index is -0.179. The molecule has 144 valence electrons. The molecule has 0 bridgehead atoms. The third-order valence-corrected chi connectivity index (χ3v) is 5.51. The van der Waals surface area contributed by atoms with Gasteiger partial charge in [-0.15, -0.1) is 0 Å². The number of thiocarbonyl (C=S) groups is 1. The largest absolute Gasteiger partial charge is 0.497 e. The first-order chi connectivity index (χ1) is 13.5. The van der Waals surface area contributed by atoms with Crippen molar-refractivity contribution in [3.8, 4) is 5.75 Å². The van der Waals surface area contributed by atoms with Crippen LogP contribution in [0, 0.1) is 6.92 Å². The fourth-order valence-corrected chi connectivity index (χ4v) is 4.04. The molecule has 1 saturated heterocycles. The van der Waals surface area contributed by atoms with Gasteiger partial charge in [-0.3, -0.25) is 14.5 Å². The third kappa shape index (κ3) is 4.99. The van der Waals surface area contributed by atoms with Crippen molar-refractivity contribution < 1.29 is 14.3 Å². The Morgan fingerprint density at radius 2 is 2.04 bits per heavy atom. The normalized spacial score (nSPS) is 15.2. The number of benzene rings is 2. The fraction of sp³-hybridized carbons (Fsp3) is 0.190. The summed E-state index contributed by atoms with van der Waals surface area (Å²) in [5.74, 6) is 0.384. The molecule has 0 radical (unpaired) electrons. The van der Waals surface area contributed by atoms with E-state index in [-0.39, 0.29) is 24.8 Å². The zero-order valence-electron chi connectivity index (χ0n) is 15.6.